The molecule has 0 bridgehead atoms. The molecule has 0 unspecified atom stereocenters. The lowest BCUT2D eigenvalue weighted by Crippen LogP contribution is -2.32. The van der Waals surface area contributed by atoms with Gasteiger partial charge in [-0.15, -0.1) is 11.3 Å². The highest BCUT2D eigenvalue weighted by Crippen LogP contribution is 2.22. The first-order chi connectivity index (χ1) is 14.6. The number of thiazole rings is 1. The van der Waals surface area contributed by atoms with Crippen LogP contribution in [0.5, 0.6) is 0 Å². The van der Waals surface area contributed by atoms with Gasteiger partial charge in [0.1, 0.15) is 5.01 Å². The van der Waals surface area contributed by atoms with Crippen LogP contribution in [-0.2, 0) is 16.0 Å². The smallest absolute Gasteiger partial charge is 0.357 e. The van der Waals surface area contributed by atoms with E-state index in [0.717, 1.165) is 17.2 Å². The normalized spacial score (nSPS) is 10.9. The molecule has 0 N–H and O–H groups in total. The Kier molecular flexibility index (Phi) is 7.93. The Morgan fingerprint density at radius 3 is 2.67 bits per heavy atom. The predicted molar refractivity (Wildman–Crippen MR) is 118 cm³/mol. The summed E-state index contributed by atoms with van der Waals surface area (Å²) >= 11 is 1.35. The van der Waals surface area contributed by atoms with Crippen LogP contribution in [-0.4, -0.2) is 48.1 Å². The Bertz CT molecular complexity index is 996. The molecule has 1 aromatic heterocycles. The van der Waals surface area contributed by atoms with Crippen LogP contribution in [0.15, 0.2) is 47.8 Å². The molecular formula is C23H26N2O4S. The van der Waals surface area contributed by atoms with E-state index in [2.05, 4.69) is 4.98 Å². The molecule has 0 spiro atoms. The predicted octanol–water partition coefficient (Wildman–Crippen LogP) is 4.54. The molecule has 2 aromatic carbocycles. The molecule has 0 saturated heterocycles. The van der Waals surface area contributed by atoms with Gasteiger partial charge in [0.2, 0.25) is 0 Å². The van der Waals surface area contributed by atoms with Crippen LogP contribution in [0.1, 0.15) is 46.1 Å². The zero-order valence-corrected chi connectivity index (χ0v) is 18.1. The molecule has 0 aliphatic heterocycles. The molecular weight excluding hydrogens is 400 g/mol. The summed E-state index contributed by atoms with van der Waals surface area (Å²) in [7, 11) is 0. The fourth-order valence-electron chi connectivity index (χ4n) is 3.18. The monoisotopic (exact) mass is 426 g/mol. The third kappa shape index (κ3) is 5.43. The first-order valence-electron chi connectivity index (χ1n) is 10.1. The quantitative estimate of drug-likeness (QED) is 0.352. The minimum absolute atomic E-state index is 0.0591. The molecule has 30 heavy (non-hydrogen) atoms. The Morgan fingerprint density at radius 2 is 1.87 bits per heavy atom. The third-order valence-corrected chi connectivity index (χ3v) is 5.42. The Labute approximate surface area is 180 Å². The van der Waals surface area contributed by atoms with E-state index in [1.54, 1.807) is 17.2 Å². The number of hydrogen-bond donors (Lipinski definition) is 0. The molecule has 1 amide bonds. The van der Waals surface area contributed by atoms with Gasteiger partial charge in [0.25, 0.3) is 5.91 Å². The van der Waals surface area contributed by atoms with Crippen LogP contribution in [0, 0.1) is 0 Å². The van der Waals surface area contributed by atoms with Gasteiger partial charge < -0.3 is 14.4 Å². The summed E-state index contributed by atoms with van der Waals surface area (Å²) in [6.45, 7) is 6.11. The highest BCUT2D eigenvalue weighted by Gasteiger charge is 2.20. The SMILES string of the molecule is CCOCCCN(Cc1nc(C(=O)OCC)cs1)C(=O)c1cccc2ccccc12. The summed E-state index contributed by atoms with van der Waals surface area (Å²) in [4.78, 5) is 31.5. The summed E-state index contributed by atoms with van der Waals surface area (Å²) in [6, 6.07) is 13.6. The van der Waals surface area contributed by atoms with E-state index in [4.69, 9.17) is 9.47 Å². The molecule has 3 aromatic rings. The van der Waals surface area contributed by atoms with Crippen molar-refractivity contribution in [2.45, 2.75) is 26.8 Å². The number of rotatable bonds is 10. The Morgan fingerprint density at radius 1 is 1.07 bits per heavy atom. The summed E-state index contributed by atoms with van der Waals surface area (Å²) in [5.74, 6) is -0.501. The van der Waals surface area contributed by atoms with E-state index < -0.39 is 5.97 Å². The summed E-state index contributed by atoms with van der Waals surface area (Å²) in [6.07, 6.45) is 0.723. The van der Waals surface area contributed by atoms with Crippen molar-refractivity contribution in [1.82, 2.24) is 9.88 Å². The van der Waals surface area contributed by atoms with Crippen molar-refractivity contribution in [3.63, 3.8) is 0 Å². The molecule has 0 fully saturated rings. The van der Waals surface area contributed by atoms with Crippen LogP contribution in [0.4, 0.5) is 0 Å². The first kappa shape index (κ1) is 21.9. The largest absolute Gasteiger partial charge is 0.461 e. The second-order valence-corrected chi connectivity index (χ2v) is 7.59. The summed E-state index contributed by atoms with van der Waals surface area (Å²) in [5, 5.41) is 4.32. The fourth-order valence-corrected chi connectivity index (χ4v) is 3.96. The number of fused-ring (bicyclic) bond motifs is 1. The number of ether oxygens (including phenoxy) is 2. The average Bonchev–Trinajstić information content (AvgIpc) is 3.24. The first-order valence-corrected chi connectivity index (χ1v) is 11.0. The summed E-state index contributed by atoms with van der Waals surface area (Å²) < 4.78 is 10.5. The van der Waals surface area contributed by atoms with Crippen molar-refractivity contribution < 1.29 is 19.1 Å². The second-order valence-electron chi connectivity index (χ2n) is 6.65. The molecule has 0 aliphatic rings. The van der Waals surface area contributed by atoms with Gasteiger partial charge in [0, 0.05) is 30.7 Å². The van der Waals surface area contributed by atoms with Crippen molar-refractivity contribution in [2.75, 3.05) is 26.4 Å². The lowest BCUT2D eigenvalue weighted by molar-refractivity contribution is 0.0520. The van der Waals surface area contributed by atoms with Gasteiger partial charge >= 0.3 is 5.97 Å². The van der Waals surface area contributed by atoms with Crippen LogP contribution >= 0.6 is 11.3 Å². The van der Waals surface area contributed by atoms with Gasteiger partial charge in [-0.25, -0.2) is 9.78 Å². The van der Waals surface area contributed by atoms with E-state index >= 15 is 0 Å². The topological polar surface area (TPSA) is 68.7 Å². The van der Waals surface area contributed by atoms with Gasteiger partial charge in [-0.05, 0) is 37.1 Å². The average molecular weight is 427 g/mol. The van der Waals surface area contributed by atoms with Crippen LogP contribution in [0.2, 0.25) is 0 Å². The molecule has 0 radical (unpaired) electrons. The van der Waals surface area contributed by atoms with E-state index in [9.17, 15) is 9.59 Å². The third-order valence-electron chi connectivity index (χ3n) is 4.59. The van der Waals surface area contributed by atoms with Crippen molar-refractivity contribution in [3.8, 4) is 0 Å². The van der Waals surface area contributed by atoms with E-state index in [1.165, 1.54) is 11.3 Å². The zero-order chi connectivity index (χ0) is 21.3. The van der Waals surface area contributed by atoms with Crippen molar-refractivity contribution in [3.05, 3.63) is 64.1 Å². The molecule has 0 saturated carbocycles. The standard InChI is InChI=1S/C23H26N2O4S/c1-3-28-14-8-13-25(15-21-24-20(16-30-21)23(27)29-4-2)22(26)19-12-7-10-17-9-5-6-11-18(17)19/h5-7,9-12,16H,3-4,8,13-15H2,1-2H3. The zero-order valence-electron chi connectivity index (χ0n) is 17.3. The van der Waals surface area contributed by atoms with Crippen molar-refractivity contribution >= 4 is 34.0 Å². The molecule has 3 rings (SSSR count). The van der Waals surface area contributed by atoms with Crippen molar-refractivity contribution in [1.29, 1.82) is 0 Å². The molecule has 158 valence electrons. The maximum atomic E-state index is 13.4. The molecule has 1 heterocycles. The number of carbonyl (C=O) groups excluding carboxylic acids is 2. The molecule has 7 heteroatoms. The number of aromatic nitrogens is 1. The van der Waals surface area contributed by atoms with Gasteiger partial charge in [0.15, 0.2) is 5.69 Å². The number of hydrogen-bond acceptors (Lipinski definition) is 6. The maximum absolute atomic E-state index is 13.4. The van der Waals surface area contributed by atoms with Gasteiger partial charge in [-0.1, -0.05) is 36.4 Å². The number of benzene rings is 2. The van der Waals surface area contributed by atoms with Gasteiger partial charge in [-0.3, -0.25) is 4.79 Å². The second kappa shape index (κ2) is 10.8. The summed E-state index contributed by atoms with van der Waals surface area (Å²) in [5.41, 5.74) is 0.940. The minimum Gasteiger partial charge on any atom is -0.461 e. The molecule has 0 atom stereocenters. The van der Waals surface area contributed by atoms with Crippen molar-refractivity contribution in [2.24, 2.45) is 0 Å². The van der Waals surface area contributed by atoms with Crippen LogP contribution in [0.3, 0.4) is 0 Å². The van der Waals surface area contributed by atoms with E-state index in [0.29, 0.717) is 43.5 Å². The van der Waals surface area contributed by atoms with E-state index in [-0.39, 0.29) is 11.6 Å². The number of amides is 1. The highest BCUT2D eigenvalue weighted by atomic mass is 32.1. The lowest BCUT2D eigenvalue weighted by atomic mass is 10.0. The fraction of sp³-hybridized carbons (Fsp3) is 0.348. The maximum Gasteiger partial charge on any atom is 0.357 e. The van der Waals surface area contributed by atoms with Gasteiger partial charge in [-0.2, -0.15) is 0 Å². The number of carbonyl (C=O) groups is 2. The Hall–Kier alpha value is -2.77. The molecule has 0 aliphatic carbocycles. The van der Waals surface area contributed by atoms with Crippen LogP contribution in [0.25, 0.3) is 10.8 Å². The van der Waals surface area contributed by atoms with E-state index in [1.807, 2.05) is 49.4 Å². The number of nitrogens with zero attached hydrogens (tertiary/aromatic N) is 2. The lowest BCUT2D eigenvalue weighted by Gasteiger charge is -2.22. The van der Waals surface area contributed by atoms with Gasteiger partial charge in [0.05, 0.1) is 13.2 Å². The minimum atomic E-state index is -0.441. The molecule has 6 nitrogen and oxygen atoms in total. The highest BCUT2D eigenvalue weighted by molar-refractivity contribution is 7.09. The number of esters is 1. The Balaban J connectivity index is 1.83. The van der Waals surface area contributed by atoms with Crippen LogP contribution < -0.4 is 0 Å².